The molecule has 0 saturated heterocycles. The van der Waals surface area contributed by atoms with Gasteiger partial charge < -0.3 is 15.0 Å². The summed E-state index contributed by atoms with van der Waals surface area (Å²) >= 11 is 3.41. The zero-order valence-corrected chi connectivity index (χ0v) is 16.9. The molecule has 0 radical (unpaired) electrons. The molecule has 0 heterocycles. The second-order valence-corrected chi connectivity index (χ2v) is 7.18. The molecular weight excluding hydrogens is 399 g/mol. The van der Waals surface area contributed by atoms with Crippen molar-refractivity contribution in [3.05, 3.63) is 63.9 Å². The maximum Gasteiger partial charge on any atom is 0.275 e. The molecule has 2 rings (SSSR count). The highest BCUT2D eigenvalue weighted by Crippen LogP contribution is 2.17. The number of ether oxygens (including phenoxy) is 1. The number of carbonyl (C=O) groups is 1. The normalized spacial score (nSPS) is 13.1. The first-order valence-corrected chi connectivity index (χ1v) is 9.43. The standard InChI is InChI=1S/C20H24BrFN2O2/c1-4-24(12-15-5-10-19(26-3)18(22)11-15)13-20(25)23-14(2)16-6-8-17(21)9-7-16/h5-11,14H,4,12-13H2,1-3H3,(H,23,25)/p+1/t14-/m0/s1. The number of benzene rings is 2. The van der Waals surface area contributed by atoms with Crippen molar-refractivity contribution >= 4 is 21.8 Å². The van der Waals surface area contributed by atoms with E-state index in [1.165, 1.54) is 13.2 Å². The van der Waals surface area contributed by atoms with Gasteiger partial charge in [0.1, 0.15) is 6.54 Å². The van der Waals surface area contributed by atoms with Crippen LogP contribution in [0.15, 0.2) is 46.9 Å². The van der Waals surface area contributed by atoms with Crippen molar-refractivity contribution in [1.82, 2.24) is 5.32 Å². The minimum atomic E-state index is -0.381. The third kappa shape index (κ3) is 5.81. The molecule has 2 aromatic carbocycles. The van der Waals surface area contributed by atoms with Gasteiger partial charge in [-0.3, -0.25) is 4.79 Å². The molecule has 2 atom stereocenters. The molecule has 0 aromatic heterocycles. The first-order valence-electron chi connectivity index (χ1n) is 8.63. The van der Waals surface area contributed by atoms with Crippen molar-refractivity contribution in [2.75, 3.05) is 20.2 Å². The Morgan fingerprint density at radius 1 is 1.27 bits per heavy atom. The Bertz CT molecular complexity index is 737. The van der Waals surface area contributed by atoms with E-state index in [9.17, 15) is 9.18 Å². The Kier molecular flexibility index (Phi) is 7.60. The highest BCUT2D eigenvalue weighted by Gasteiger charge is 2.17. The first-order chi connectivity index (χ1) is 12.4. The van der Waals surface area contributed by atoms with Gasteiger partial charge in [-0.2, -0.15) is 0 Å². The highest BCUT2D eigenvalue weighted by atomic mass is 79.9. The molecule has 2 aromatic rings. The quantitative estimate of drug-likeness (QED) is 0.685. The number of likely N-dealkylation sites (N-methyl/N-ethyl adjacent to an activating group) is 1. The number of rotatable bonds is 8. The molecule has 0 aliphatic carbocycles. The summed E-state index contributed by atoms with van der Waals surface area (Å²) in [6, 6.07) is 12.7. The van der Waals surface area contributed by atoms with Crippen LogP contribution >= 0.6 is 15.9 Å². The fourth-order valence-electron chi connectivity index (χ4n) is 2.78. The van der Waals surface area contributed by atoms with Gasteiger partial charge in [0.05, 0.1) is 19.7 Å². The lowest BCUT2D eigenvalue weighted by molar-refractivity contribution is -0.904. The van der Waals surface area contributed by atoms with E-state index in [1.807, 2.05) is 44.2 Å². The van der Waals surface area contributed by atoms with Crippen molar-refractivity contribution in [1.29, 1.82) is 0 Å². The number of hydrogen-bond donors (Lipinski definition) is 2. The number of amides is 1. The van der Waals surface area contributed by atoms with E-state index in [2.05, 4.69) is 21.2 Å². The SMILES string of the molecule is CC[NH+](CC(=O)N[C@@H](C)c1ccc(Br)cc1)Cc1ccc(OC)c(F)c1. The number of halogens is 2. The summed E-state index contributed by atoms with van der Waals surface area (Å²) in [4.78, 5) is 13.5. The van der Waals surface area contributed by atoms with E-state index in [4.69, 9.17) is 4.74 Å². The van der Waals surface area contributed by atoms with Crippen LogP contribution in [0.2, 0.25) is 0 Å². The number of nitrogens with one attached hydrogen (secondary N) is 2. The van der Waals surface area contributed by atoms with Gasteiger partial charge in [0.15, 0.2) is 18.1 Å². The van der Waals surface area contributed by atoms with Crippen LogP contribution in [-0.2, 0) is 11.3 Å². The molecule has 26 heavy (non-hydrogen) atoms. The summed E-state index contributed by atoms with van der Waals surface area (Å²) < 4.78 is 19.8. The molecule has 0 aliphatic heterocycles. The van der Waals surface area contributed by atoms with Gasteiger partial charge in [-0.1, -0.05) is 28.1 Å². The van der Waals surface area contributed by atoms with Crippen molar-refractivity contribution < 1.29 is 18.8 Å². The van der Waals surface area contributed by atoms with E-state index in [0.29, 0.717) is 13.1 Å². The summed E-state index contributed by atoms with van der Waals surface area (Å²) in [5.74, 6) is -0.173. The topological polar surface area (TPSA) is 42.8 Å². The predicted octanol–water partition coefficient (Wildman–Crippen LogP) is 2.88. The fraction of sp³-hybridized carbons (Fsp3) is 0.350. The van der Waals surface area contributed by atoms with Gasteiger partial charge in [-0.25, -0.2) is 4.39 Å². The monoisotopic (exact) mass is 423 g/mol. The smallest absolute Gasteiger partial charge is 0.275 e. The molecule has 2 N–H and O–H groups in total. The van der Waals surface area contributed by atoms with Crippen LogP contribution in [0.25, 0.3) is 0 Å². The van der Waals surface area contributed by atoms with Gasteiger partial charge in [0.25, 0.3) is 5.91 Å². The van der Waals surface area contributed by atoms with Crippen molar-refractivity contribution in [2.24, 2.45) is 0 Å². The zero-order valence-electron chi connectivity index (χ0n) is 15.3. The predicted molar refractivity (Wildman–Crippen MR) is 104 cm³/mol. The summed E-state index contributed by atoms with van der Waals surface area (Å²) in [6.07, 6.45) is 0. The first kappa shape index (κ1) is 20.4. The fourth-order valence-corrected chi connectivity index (χ4v) is 3.04. The summed E-state index contributed by atoms with van der Waals surface area (Å²) in [5, 5.41) is 3.03. The molecule has 0 saturated carbocycles. The number of carbonyl (C=O) groups excluding carboxylic acids is 1. The highest BCUT2D eigenvalue weighted by molar-refractivity contribution is 9.10. The minimum absolute atomic E-state index is 0.0220. The van der Waals surface area contributed by atoms with Gasteiger partial charge >= 0.3 is 0 Å². The minimum Gasteiger partial charge on any atom is -0.494 e. The van der Waals surface area contributed by atoms with Crippen molar-refractivity contribution in [3.63, 3.8) is 0 Å². The molecule has 0 spiro atoms. The lowest BCUT2D eigenvalue weighted by Crippen LogP contribution is -3.11. The van der Waals surface area contributed by atoms with E-state index in [-0.39, 0.29) is 23.5 Å². The van der Waals surface area contributed by atoms with Crippen LogP contribution in [0.3, 0.4) is 0 Å². The Hall–Kier alpha value is -1.92. The molecule has 0 bridgehead atoms. The number of hydrogen-bond acceptors (Lipinski definition) is 2. The Morgan fingerprint density at radius 2 is 1.96 bits per heavy atom. The van der Waals surface area contributed by atoms with Crippen LogP contribution in [0.5, 0.6) is 5.75 Å². The molecule has 4 nitrogen and oxygen atoms in total. The molecular formula is C20H25BrFN2O2+. The van der Waals surface area contributed by atoms with Crippen LogP contribution in [0.4, 0.5) is 4.39 Å². The maximum absolute atomic E-state index is 13.8. The van der Waals surface area contributed by atoms with Gasteiger partial charge in [0, 0.05) is 10.0 Å². The molecule has 1 unspecified atom stereocenters. The van der Waals surface area contributed by atoms with E-state index < -0.39 is 0 Å². The van der Waals surface area contributed by atoms with Crippen molar-refractivity contribution in [3.8, 4) is 5.75 Å². The maximum atomic E-state index is 13.8. The van der Waals surface area contributed by atoms with E-state index in [0.717, 1.165) is 27.0 Å². The molecule has 140 valence electrons. The van der Waals surface area contributed by atoms with Crippen LogP contribution < -0.4 is 15.0 Å². The molecule has 1 amide bonds. The van der Waals surface area contributed by atoms with Crippen LogP contribution in [0, 0.1) is 5.82 Å². The molecule has 0 aliphatic rings. The third-order valence-corrected chi connectivity index (χ3v) is 4.86. The summed E-state index contributed by atoms with van der Waals surface area (Å²) in [5.41, 5.74) is 1.89. The Labute approximate surface area is 162 Å². The lowest BCUT2D eigenvalue weighted by atomic mass is 10.1. The second kappa shape index (κ2) is 9.69. The molecule has 0 fully saturated rings. The Balaban J connectivity index is 1.93. The van der Waals surface area contributed by atoms with Crippen LogP contribution in [0.1, 0.15) is 31.0 Å². The summed E-state index contributed by atoms with van der Waals surface area (Å²) in [6.45, 7) is 5.67. The average molecular weight is 424 g/mol. The largest absolute Gasteiger partial charge is 0.494 e. The van der Waals surface area contributed by atoms with E-state index in [1.54, 1.807) is 6.07 Å². The Morgan fingerprint density at radius 3 is 2.54 bits per heavy atom. The zero-order chi connectivity index (χ0) is 19.1. The van der Waals surface area contributed by atoms with E-state index >= 15 is 0 Å². The molecule has 6 heteroatoms. The van der Waals surface area contributed by atoms with Gasteiger partial charge in [0.2, 0.25) is 0 Å². The third-order valence-electron chi connectivity index (χ3n) is 4.33. The average Bonchev–Trinajstić information content (AvgIpc) is 2.61. The van der Waals surface area contributed by atoms with Crippen LogP contribution in [-0.4, -0.2) is 26.1 Å². The second-order valence-electron chi connectivity index (χ2n) is 6.27. The van der Waals surface area contributed by atoms with Gasteiger partial charge in [-0.15, -0.1) is 0 Å². The van der Waals surface area contributed by atoms with Gasteiger partial charge in [-0.05, 0) is 49.7 Å². The van der Waals surface area contributed by atoms with Crippen molar-refractivity contribution in [2.45, 2.75) is 26.4 Å². The summed E-state index contributed by atoms with van der Waals surface area (Å²) in [7, 11) is 1.44. The lowest BCUT2D eigenvalue weighted by Gasteiger charge is -2.20. The number of quaternary nitrogens is 1. The number of methoxy groups -OCH3 is 1.